The third-order valence-electron chi connectivity index (χ3n) is 3.69. The molecule has 0 spiro atoms. The highest BCUT2D eigenvalue weighted by Crippen LogP contribution is 2.49. The molecule has 0 aromatic carbocycles. The molecule has 0 aromatic heterocycles. The quantitative estimate of drug-likeness (QED) is 0.474. The summed E-state index contributed by atoms with van der Waals surface area (Å²) in [6.45, 7) is 0. The highest BCUT2D eigenvalue weighted by molar-refractivity contribution is 5.81. The van der Waals surface area contributed by atoms with Crippen molar-refractivity contribution < 1.29 is 9.53 Å². The Kier molecular flexibility index (Phi) is 2.62. The molecule has 0 aliphatic heterocycles. The summed E-state index contributed by atoms with van der Waals surface area (Å²) in [7, 11) is 1.51. The standard InChI is InChI=1S/C12H18O2/c1-14-11(13)12-8-4-2-3-6-10(12)7-5-9-12/h6H,2-5,7-9H2,1H3. The van der Waals surface area contributed by atoms with E-state index in [0.29, 0.717) is 0 Å². The molecule has 2 rings (SSSR count). The summed E-state index contributed by atoms with van der Waals surface area (Å²) in [5, 5.41) is 0. The first-order valence-corrected chi connectivity index (χ1v) is 5.57. The van der Waals surface area contributed by atoms with Crippen LogP contribution in [0.3, 0.4) is 0 Å². The Morgan fingerprint density at radius 1 is 1.36 bits per heavy atom. The number of methoxy groups -OCH3 is 1. The van der Waals surface area contributed by atoms with Crippen LogP contribution in [-0.2, 0) is 9.53 Å². The zero-order valence-corrected chi connectivity index (χ0v) is 8.84. The Hall–Kier alpha value is -0.790. The molecule has 1 atom stereocenters. The molecule has 78 valence electrons. The minimum Gasteiger partial charge on any atom is -0.468 e. The lowest BCUT2D eigenvalue weighted by Gasteiger charge is -2.26. The Balaban J connectivity index is 2.31. The summed E-state index contributed by atoms with van der Waals surface area (Å²) in [6, 6.07) is 0. The van der Waals surface area contributed by atoms with Gasteiger partial charge in [0.25, 0.3) is 0 Å². The van der Waals surface area contributed by atoms with Gasteiger partial charge in [0.1, 0.15) is 0 Å². The van der Waals surface area contributed by atoms with Crippen LogP contribution >= 0.6 is 0 Å². The second-order valence-corrected chi connectivity index (χ2v) is 4.40. The number of ether oxygens (including phenoxy) is 1. The molecule has 0 amide bonds. The number of carbonyl (C=O) groups is 1. The lowest BCUT2D eigenvalue weighted by Crippen LogP contribution is -2.30. The Bertz CT molecular complexity index is 267. The molecule has 14 heavy (non-hydrogen) atoms. The molecule has 2 nitrogen and oxygen atoms in total. The van der Waals surface area contributed by atoms with Crippen molar-refractivity contribution in [2.24, 2.45) is 5.41 Å². The van der Waals surface area contributed by atoms with Gasteiger partial charge in [-0.2, -0.15) is 0 Å². The highest BCUT2D eigenvalue weighted by atomic mass is 16.5. The maximum Gasteiger partial charge on any atom is 0.315 e. The lowest BCUT2D eigenvalue weighted by molar-refractivity contribution is -0.150. The molecule has 1 unspecified atom stereocenters. The first-order valence-electron chi connectivity index (χ1n) is 5.57. The van der Waals surface area contributed by atoms with Crippen LogP contribution in [-0.4, -0.2) is 13.1 Å². The van der Waals surface area contributed by atoms with E-state index >= 15 is 0 Å². The van der Waals surface area contributed by atoms with Crippen molar-refractivity contribution >= 4 is 5.97 Å². The van der Waals surface area contributed by atoms with E-state index in [4.69, 9.17) is 4.74 Å². The van der Waals surface area contributed by atoms with Gasteiger partial charge in [0.15, 0.2) is 0 Å². The SMILES string of the molecule is COC(=O)C12CCCCC=C1CCC2. The molecule has 0 N–H and O–H groups in total. The van der Waals surface area contributed by atoms with Gasteiger partial charge >= 0.3 is 5.97 Å². The van der Waals surface area contributed by atoms with Gasteiger partial charge < -0.3 is 4.74 Å². The van der Waals surface area contributed by atoms with Crippen LogP contribution in [0, 0.1) is 5.41 Å². The zero-order chi connectivity index (χ0) is 10.0. The van der Waals surface area contributed by atoms with Crippen molar-refractivity contribution in [2.45, 2.75) is 44.9 Å². The first kappa shape index (κ1) is 9.75. The molecule has 2 aliphatic rings. The average Bonchev–Trinajstić information content (AvgIpc) is 2.51. The molecule has 2 aliphatic carbocycles. The largest absolute Gasteiger partial charge is 0.468 e. The number of rotatable bonds is 1. The normalized spacial score (nSPS) is 31.6. The summed E-state index contributed by atoms with van der Waals surface area (Å²) in [5.41, 5.74) is 1.15. The van der Waals surface area contributed by atoms with Gasteiger partial charge in [-0.05, 0) is 38.5 Å². The van der Waals surface area contributed by atoms with Gasteiger partial charge in [-0.3, -0.25) is 4.79 Å². The molecule has 1 saturated carbocycles. The fraction of sp³-hybridized carbons (Fsp3) is 0.750. The zero-order valence-electron chi connectivity index (χ0n) is 8.84. The molecule has 2 heteroatoms. The minimum absolute atomic E-state index is 0.00292. The van der Waals surface area contributed by atoms with Gasteiger partial charge in [-0.25, -0.2) is 0 Å². The third-order valence-corrected chi connectivity index (χ3v) is 3.69. The number of esters is 1. The number of fused-ring (bicyclic) bond motifs is 1. The van der Waals surface area contributed by atoms with E-state index in [9.17, 15) is 4.79 Å². The molecule has 0 heterocycles. The second kappa shape index (κ2) is 3.76. The lowest BCUT2D eigenvalue weighted by atomic mass is 9.79. The monoisotopic (exact) mass is 194 g/mol. The van der Waals surface area contributed by atoms with Crippen LogP contribution < -0.4 is 0 Å². The predicted molar refractivity (Wildman–Crippen MR) is 54.9 cm³/mol. The van der Waals surface area contributed by atoms with Gasteiger partial charge in [-0.15, -0.1) is 0 Å². The van der Waals surface area contributed by atoms with Gasteiger partial charge in [0, 0.05) is 0 Å². The van der Waals surface area contributed by atoms with Crippen LogP contribution in [0.4, 0.5) is 0 Å². The van der Waals surface area contributed by atoms with Crippen LogP contribution in [0.2, 0.25) is 0 Å². The van der Waals surface area contributed by atoms with E-state index in [-0.39, 0.29) is 11.4 Å². The number of carbonyl (C=O) groups excluding carboxylic acids is 1. The molecule has 1 fully saturated rings. The first-order chi connectivity index (χ1) is 6.79. The molecular formula is C12H18O2. The van der Waals surface area contributed by atoms with Gasteiger partial charge in [0.2, 0.25) is 0 Å². The molecule has 0 bridgehead atoms. The molecular weight excluding hydrogens is 176 g/mol. The van der Waals surface area contributed by atoms with E-state index in [1.807, 2.05) is 0 Å². The summed E-state index contributed by atoms with van der Waals surface area (Å²) in [5.74, 6) is 0.00292. The molecule has 0 saturated heterocycles. The summed E-state index contributed by atoms with van der Waals surface area (Å²) in [4.78, 5) is 11.9. The van der Waals surface area contributed by atoms with Crippen LogP contribution in [0.25, 0.3) is 0 Å². The van der Waals surface area contributed by atoms with Crippen molar-refractivity contribution in [1.29, 1.82) is 0 Å². The summed E-state index contributed by atoms with van der Waals surface area (Å²) >= 11 is 0. The predicted octanol–water partition coefficient (Wildman–Crippen LogP) is 2.83. The van der Waals surface area contributed by atoms with Crippen LogP contribution in [0.5, 0.6) is 0 Å². The summed E-state index contributed by atoms with van der Waals surface area (Å²) in [6.07, 6.45) is 10.1. The van der Waals surface area contributed by atoms with E-state index in [1.165, 1.54) is 19.1 Å². The van der Waals surface area contributed by atoms with Crippen molar-refractivity contribution in [2.75, 3.05) is 7.11 Å². The van der Waals surface area contributed by atoms with E-state index in [2.05, 4.69) is 6.08 Å². The maximum atomic E-state index is 11.9. The van der Waals surface area contributed by atoms with Gasteiger partial charge in [0.05, 0.1) is 12.5 Å². The van der Waals surface area contributed by atoms with Gasteiger partial charge in [-0.1, -0.05) is 18.1 Å². The molecule has 0 aromatic rings. The van der Waals surface area contributed by atoms with Crippen LogP contribution in [0.1, 0.15) is 44.9 Å². The number of allylic oxidation sites excluding steroid dienone is 1. The number of hydrogen-bond acceptors (Lipinski definition) is 2. The average molecular weight is 194 g/mol. The summed E-state index contributed by atoms with van der Waals surface area (Å²) < 4.78 is 4.97. The van der Waals surface area contributed by atoms with Crippen molar-refractivity contribution in [3.8, 4) is 0 Å². The fourth-order valence-electron chi connectivity index (χ4n) is 2.94. The third kappa shape index (κ3) is 1.37. The Labute approximate surface area is 85.3 Å². The van der Waals surface area contributed by atoms with E-state index < -0.39 is 0 Å². The number of hydrogen-bond donors (Lipinski definition) is 0. The second-order valence-electron chi connectivity index (χ2n) is 4.40. The smallest absolute Gasteiger partial charge is 0.315 e. The molecule has 0 radical (unpaired) electrons. The maximum absolute atomic E-state index is 11.9. The Morgan fingerprint density at radius 3 is 2.93 bits per heavy atom. The van der Waals surface area contributed by atoms with Crippen molar-refractivity contribution in [3.63, 3.8) is 0 Å². The topological polar surface area (TPSA) is 26.3 Å². The highest BCUT2D eigenvalue weighted by Gasteiger charge is 2.45. The minimum atomic E-state index is -0.217. The fourth-order valence-corrected chi connectivity index (χ4v) is 2.94. The Morgan fingerprint density at radius 2 is 2.14 bits per heavy atom. The van der Waals surface area contributed by atoms with Crippen molar-refractivity contribution in [3.05, 3.63) is 11.6 Å². The van der Waals surface area contributed by atoms with Crippen LogP contribution in [0.15, 0.2) is 11.6 Å². The van der Waals surface area contributed by atoms with E-state index in [0.717, 1.165) is 38.5 Å². The van der Waals surface area contributed by atoms with E-state index in [1.54, 1.807) is 0 Å². The van der Waals surface area contributed by atoms with Crippen molar-refractivity contribution in [1.82, 2.24) is 0 Å².